The maximum absolute atomic E-state index is 11.9. The van der Waals surface area contributed by atoms with Gasteiger partial charge in [-0.15, -0.1) is 0 Å². The van der Waals surface area contributed by atoms with Crippen molar-refractivity contribution in [3.05, 3.63) is 41.5 Å². The van der Waals surface area contributed by atoms with E-state index in [4.69, 9.17) is 14.7 Å². The summed E-state index contributed by atoms with van der Waals surface area (Å²) in [5.74, 6) is -0.346. The van der Waals surface area contributed by atoms with Crippen molar-refractivity contribution in [2.45, 2.75) is 38.4 Å². The summed E-state index contributed by atoms with van der Waals surface area (Å²) in [6, 6.07) is 9.40. The summed E-state index contributed by atoms with van der Waals surface area (Å²) >= 11 is 0. The molecule has 5 nitrogen and oxygen atoms in total. The normalized spacial score (nSPS) is 21.0. The van der Waals surface area contributed by atoms with Gasteiger partial charge in [-0.1, -0.05) is 18.2 Å². The first-order valence-electron chi connectivity index (χ1n) is 7.85. The van der Waals surface area contributed by atoms with E-state index in [9.17, 15) is 9.32 Å². The van der Waals surface area contributed by atoms with Crippen LogP contribution in [-0.4, -0.2) is 19.2 Å². The van der Waals surface area contributed by atoms with Crippen LogP contribution < -0.4 is 4.74 Å². The van der Waals surface area contributed by atoms with Gasteiger partial charge < -0.3 is 9.47 Å². The second-order valence-corrected chi connectivity index (χ2v) is 5.75. The van der Waals surface area contributed by atoms with Crippen molar-refractivity contribution in [2.75, 3.05) is 7.11 Å². The van der Waals surface area contributed by atoms with Crippen LogP contribution in [0.2, 0.25) is 0 Å². The zero-order chi connectivity index (χ0) is 17.4. The standard InChI is InChI=1S/C18H20FNO4/c1-22-16-6-4-14(5-7-16)12-23-17-8-2-13(3-9-17)10-15(11-20)18(21)24-19/h4-7,10,13,17H,2-3,8-9,12H2,1H3/b15-10-. The predicted octanol–water partition coefficient (Wildman–Crippen LogP) is 3.65. The van der Waals surface area contributed by atoms with Gasteiger partial charge >= 0.3 is 5.97 Å². The lowest BCUT2D eigenvalue weighted by molar-refractivity contribution is -0.177. The van der Waals surface area contributed by atoms with Crippen LogP contribution in [0.3, 0.4) is 0 Å². The fourth-order valence-electron chi connectivity index (χ4n) is 2.79. The van der Waals surface area contributed by atoms with Crippen molar-refractivity contribution in [1.82, 2.24) is 0 Å². The van der Waals surface area contributed by atoms with Crippen molar-refractivity contribution in [1.29, 1.82) is 5.26 Å². The molecular weight excluding hydrogens is 313 g/mol. The molecule has 0 amide bonds. The molecule has 0 aromatic heterocycles. The highest BCUT2D eigenvalue weighted by atomic mass is 19.3. The second kappa shape index (κ2) is 9.04. The van der Waals surface area contributed by atoms with E-state index in [1.54, 1.807) is 13.2 Å². The first kappa shape index (κ1) is 18.0. The molecule has 1 aliphatic carbocycles. The molecule has 1 aromatic carbocycles. The molecule has 6 heteroatoms. The summed E-state index contributed by atoms with van der Waals surface area (Å²) in [5.41, 5.74) is 0.801. The van der Waals surface area contributed by atoms with Crippen molar-refractivity contribution < 1.29 is 23.7 Å². The number of carbonyl (C=O) groups is 1. The molecule has 0 heterocycles. The number of ether oxygens (including phenoxy) is 2. The fraction of sp³-hybridized carbons (Fsp3) is 0.444. The second-order valence-electron chi connectivity index (χ2n) is 5.75. The van der Waals surface area contributed by atoms with Crippen molar-refractivity contribution >= 4 is 5.97 Å². The number of hydrogen-bond acceptors (Lipinski definition) is 5. The molecule has 1 aliphatic rings. The zero-order valence-corrected chi connectivity index (χ0v) is 13.5. The Hall–Kier alpha value is -2.39. The van der Waals surface area contributed by atoms with Crippen LogP contribution in [0.5, 0.6) is 5.75 Å². The molecule has 128 valence electrons. The Morgan fingerprint density at radius 2 is 1.96 bits per heavy atom. The smallest absolute Gasteiger partial charge is 0.389 e. The van der Waals surface area contributed by atoms with Gasteiger partial charge in [0.2, 0.25) is 0 Å². The minimum atomic E-state index is -1.23. The van der Waals surface area contributed by atoms with Gasteiger partial charge in [0.05, 0.1) is 19.8 Å². The molecule has 2 rings (SSSR count). The van der Waals surface area contributed by atoms with Gasteiger partial charge in [-0.2, -0.15) is 5.26 Å². The monoisotopic (exact) mass is 333 g/mol. The number of carbonyl (C=O) groups excluding carboxylic acids is 1. The Labute approximate surface area is 140 Å². The quantitative estimate of drug-likeness (QED) is 0.587. The highest BCUT2D eigenvalue weighted by molar-refractivity contribution is 5.92. The minimum absolute atomic E-state index is 0.0691. The lowest BCUT2D eigenvalue weighted by atomic mass is 9.86. The van der Waals surface area contributed by atoms with E-state index in [-0.39, 0.29) is 17.6 Å². The molecule has 0 unspecified atom stereocenters. The van der Waals surface area contributed by atoms with E-state index in [0.29, 0.717) is 6.61 Å². The fourth-order valence-corrected chi connectivity index (χ4v) is 2.79. The average molecular weight is 333 g/mol. The molecule has 0 saturated heterocycles. The Bertz CT molecular complexity index is 613. The number of allylic oxidation sites excluding steroid dienone is 1. The maximum atomic E-state index is 11.9. The highest BCUT2D eigenvalue weighted by Crippen LogP contribution is 2.28. The van der Waals surface area contributed by atoms with Crippen LogP contribution in [0.25, 0.3) is 0 Å². The largest absolute Gasteiger partial charge is 0.497 e. The highest BCUT2D eigenvalue weighted by Gasteiger charge is 2.22. The summed E-state index contributed by atoms with van der Waals surface area (Å²) in [7, 11) is 1.63. The number of nitrogens with zero attached hydrogens (tertiary/aromatic N) is 1. The third kappa shape index (κ3) is 5.07. The lowest BCUT2D eigenvalue weighted by Gasteiger charge is -2.27. The number of methoxy groups -OCH3 is 1. The Morgan fingerprint density at radius 3 is 2.50 bits per heavy atom. The van der Waals surface area contributed by atoms with Gasteiger partial charge in [0.15, 0.2) is 0 Å². The van der Waals surface area contributed by atoms with E-state index in [0.717, 1.165) is 37.0 Å². The van der Waals surface area contributed by atoms with E-state index in [2.05, 4.69) is 4.94 Å². The third-order valence-electron chi connectivity index (χ3n) is 4.18. The van der Waals surface area contributed by atoms with Crippen LogP contribution in [0, 0.1) is 17.2 Å². The van der Waals surface area contributed by atoms with Gasteiger partial charge in [0, 0.05) is 4.53 Å². The summed E-state index contributed by atoms with van der Waals surface area (Å²) in [6.45, 7) is 0.535. The number of rotatable bonds is 6. The Balaban J connectivity index is 1.79. The number of benzene rings is 1. The molecule has 0 aliphatic heterocycles. The van der Waals surface area contributed by atoms with Gasteiger partial charge in [0.25, 0.3) is 0 Å². The predicted molar refractivity (Wildman–Crippen MR) is 84.4 cm³/mol. The summed E-state index contributed by atoms with van der Waals surface area (Å²) in [5, 5.41) is 8.84. The molecule has 0 atom stereocenters. The average Bonchev–Trinajstić information content (AvgIpc) is 2.65. The molecule has 0 bridgehead atoms. The van der Waals surface area contributed by atoms with E-state index in [1.165, 1.54) is 6.08 Å². The molecule has 24 heavy (non-hydrogen) atoms. The van der Waals surface area contributed by atoms with Crippen molar-refractivity contribution in [2.24, 2.45) is 5.92 Å². The van der Waals surface area contributed by atoms with Gasteiger partial charge in [0.1, 0.15) is 17.4 Å². The molecule has 1 aromatic rings. The van der Waals surface area contributed by atoms with Crippen molar-refractivity contribution in [3.8, 4) is 11.8 Å². The van der Waals surface area contributed by atoms with Crippen LogP contribution >= 0.6 is 0 Å². The van der Waals surface area contributed by atoms with Crippen molar-refractivity contribution in [3.63, 3.8) is 0 Å². The minimum Gasteiger partial charge on any atom is -0.497 e. The number of hydrogen-bond donors (Lipinski definition) is 0. The lowest BCUT2D eigenvalue weighted by Crippen LogP contribution is -2.21. The third-order valence-corrected chi connectivity index (χ3v) is 4.18. The maximum Gasteiger partial charge on any atom is 0.389 e. The first-order valence-corrected chi connectivity index (χ1v) is 7.85. The SMILES string of the molecule is COc1ccc(COC2CCC(/C=C(/C#N)C(=O)OF)CC2)cc1. The van der Waals surface area contributed by atoms with Gasteiger partial charge in [-0.3, -0.25) is 0 Å². The molecular formula is C18H20FNO4. The number of nitriles is 1. The van der Waals surface area contributed by atoms with Crippen LogP contribution in [-0.2, 0) is 21.1 Å². The molecule has 0 N–H and O–H groups in total. The van der Waals surface area contributed by atoms with Crippen LogP contribution in [0.4, 0.5) is 4.53 Å². The summed E-state index contributed by atoms with van der Waals surface area (Å²) < 4.78 is 22.9. The molecule has 0 radical (unpaired) electrons. The number of halogens is 1. The first-order chi connectivity index (χ1) is 11.7. The van der Waals surface area contributed by atoms with Crippen LogP contribution in [0.1, 0.15) is 31.2 Å². The zero-order valence-electron chi connectivity index (χ0n) is 13.5. The molecule has 0 spiro atoms. The van der Waals surface area contributed by atoms with Gasteiger partial charge in [-0.25, -0.2) is 9.74 Å². The molecule has 1 saturated carbocycles. The van der Waals surface area contributed by atoms with E-state index >= 15 is 0 Å². The molecule has 1 fully saturated rings. The Morgan fingerprint density at radius 1 is 1.29 bits per heavy atom. The topological polar surface area (TPSA) is 68.5 Å². The summed E-state index contributed by atoms with van der Waals surface area (Å²) in [6.07, 6.45) is 4.90. The van der Waals surface area contributed by atoms with Gasteiger partial charge in [-0.05, 0) is 49.3 Å². The summed E-state index contributed by atoms with van der Waals surface area (Å²) in [4.78, 5) is 14.2. The van der Waals surface area contributed by atoms with E-state index < -0.39 is 5.97 Å². The van der Waals surface area contributed by atoms with Crippen LogP contribution in [0.15, 0.2) is 35.9 Å². The Kier molecular flexibility index (Phi) is 6.76. The van der Waals surface area contributed by atoms with E-state index in [1.807, 2.05) is 24.3 Å².